The van der Waals surface area contributed by atoms with Gasteiger partial charge in [-0.3, -0.25) is 0 Å². The Labute approximate surface area is 109 Å². The zero-order valence-corrected chi connectivity index (χ0v) is 11.1. The zero-order chi connectivity index (χ0) is 12.8. The first-order valence-corrected chi connectivity index (χ1v) is 6.55. The minimum Gasteiger partial charge on any atom is -0.497 e. The minimum atomic E-state index is 0.214. The van der Waals surface area contributed by atoms with Crippen molar-refractivity contribution in [2.75, 3.05) is 11.9 Å². The summed E-state index contributed by atoms with van der Waals surface area (Å²) in [5.41, 5.74) is 1.10. The van der Waals surface area contributed by atoms with Crippen molar-refractivity contribution in [3.8, 4) is 5.75 Å². The number of rotatable bonds is 5. The van der Waals surface area contributed by atoms with E-state index in [1.807, 2.05) is 38.1 Å². The average Bonchev–Trinajstić information content (AvgIpc) is 2.38. The molecule has 0 saturated carbocycles. The third-order valence-corrected chi connectivity index (χ3v) is 2.78. The van der Waals surface area contributed by atoms with Gasteiger partial charge in [0.15, 0.2) is 0 Å². The maximum atomic E-state index is 5.60. The molecule has 2 rings (SSSR count). The zero-order valence-electron chi connectivity index (χ0n) is 11.1. The topological polar surface area (TPSA) is 30.5 Å². The van der Waals surface area contributed by atoms with Gasteiger partial charge < -0.3 is 14.8 Å². The minimum absolute atomic E-state index is 0.214. The van der Waals surface area contributed by atoms with E-state index in [9.17, 15) is 0 Å². The standard InChI is InChI=1S/C15H21NO2/c1-12(2)18-14-8-6-13(7-9-14)16-11-15-5-3-4-10-17-15/h4,6-10,12,15-16H,3,5,11H2,1-2H3. The van der Waals surface area contributed by atoms with Gasteiger partial charge in [-0.1, -0.05) is 0 Å². The molecule has 1 N–H and O–H groups in total. The van der Waals surface area contributed by atoms with Crippen LogP contribution in [0.3, 0.4) is 0 Å². The molecule has 1 aromatic rings. The molecule has 1 unspecified atom stereocenters. The molecule has 3 nitrogen and oxygen atoms in total. The molecule has 0 saturated heterocycles. The third-order valence-electron chi connectivity index (χ3n) is 2.78. The highest BCUT2D eigenvalue weighted by atomic mass is 16.5. The Morgan fingerprint density at radius 3 is 2.72 bits per heavy atom. The van der Waals surface area contributed by atoms with Gasteiger partial charge in [-0.25, -0.2) is 0 Å². The van der Waals surface area contributed by atoms with E-state index in [4.69, 9.17) is 9.47 Å². The van der Waals surface area contributed by atoms with Gasteiger partial charge in [-0.15, -0.1) is 0 Å². The van der Waals surface area contributed by atoms with E-state index in [-0.39, 0.29) is 12.2 Å². The van der Waals surface area contributed by atoms with Crippen molar-refractivity contribution < 1.29 is 9.47 Å². The summed E-state index contributed by atoms with van der Waals surface area (Å²) < 4.78 is 11.1. The quantitative estimate of drug-likeness (QED) is 0.862. The fourth-order valence-corrected chi connectivity index (χ4v) is 1.89. The van der Waals surface area contributed by atoms with Crippen LogP contribution in [0, 0.1) is 0 Å². The molecule has 0 aromatic heterocycles. The predicted molar refractivity (Wildman–Crippen MR) is 73.9 cm³/mol. The van der Waals surface area contributed by atoms with Crippen LogP contribution in [0.2, 0.25) is 0 Å². The van der Waals surface area contributed by atoms with Gasteiger partial charge in [0.2, 0.25) is 0 Å². The first kappa shape index (κ1) is 12.8. The van der Waals surface area contributed by atoms with E-state index in [1.165, 1.54) is 0 Å². The molecule has 1 atom stereocenters. The van der Waals surface area contributed by atoms with Gasteiger partial charge >= 0.3 is 0 Å². The molecule has 0 spiro atoms. The van der Waals surface area contributed by atoms with Crippen LogP contribution in [0.4, 0.5) is 5.69 Å². The smallest absolute Gasteiger partial charge is 0.119 e. The second kappa shape index (κ2) is 6.34. The number of benzene rings is 1. The monoisotopic (exact) mass is 247 g/mol. The first-order valence-electron chi connectivity index (χ1n) is 6.55. The SMILES string of the molecule is CC(C)Oc1ccc(NCC2CCC=CO2)cc1. The second-order valence-electron chi connectivity index (χ2n) is 4.78. The molecule has 18 heavy (non-hydrogen) atoms. The van der Waals surface area contributed by atoms with Gasteiger partial charge in [-0.05, 0) is 57.0 Å². The molecule has 1 aromatic carbocycles. The van der Waals surface area contributed by atoms with Gasteiger partial charge in [0.1, 0.15) is 11.9 Å². The largest absolute Gasteiger partial charge is 0.497 e. The van der Waals surface area contributed by atoms with Crippen molar-refractivity contribution in [2.45, 2.75) is 38.9 Å². The molecule has 98 valence electrons. The lowest BCUT2D eigenvalue weighted by Gasteiger charge is -2.20. The van der Waals surface area contributed by atoms with Crippen LogP contribution >= 0.6 is 0 Å². The predicted octanol–water partition coefficient (Wildman–Crippen LogP) is 3.58. The first-order chi connectivity index (χ1) is 8.74. The number of anilines is 1. The lowest BCUT2D eigenvalue weighted by atomic mass is 10.1. The number of hydrogen-bond donors (Lipinski definition) is 1. The highest BCUT2D eigenvalue weighted by molar-refractivity contribution is 5.46. The van der Waals surface area contributed by atoms with Crippen LogP contribution in [-0.2, 0) is 4.74 Å². The van der Waals surface area contributed by atoms with E-state index in [0.717, 1.165) is 30.8 Å². The summed E-state index contributed by atoms with van der Waals surface area (Å²) in [6.45, 7) is 4.90. The van der Waals surface area contributed by atoms with Gasteiger partial charge in [0.05, 0.1) is 18.9 Å². The molecule has 1 heterocycles. The van der Waals surface area contributed by atoms with Gasteiger partial charge in [-0.2, -0.15) is 0 Å². The van der Waals surface area contributed by atoms with Crippen molar-refractivity contribution in [3.63, 3.8) is 0 Å². The van der Waals surface area contributed by atoms with Crippen LogP contribution < -0.4 is 10.1 Å². The Morgan fingerprint density at radius 2 is 2.11 bits per heavy atom. The molecule has 3 heteroatoms. The van der Waals surface area contributed by atoms with Crippen LogP contribution in [0.15, 0.2) is 36.6 Å². The Balaban J connectivity index is 1.80. The van der Waals surface area contributed by atoms with Crippen molar-refractivity contribution in [1.82, 2.24) is 0 Å². The van der Waals surface area contributed by atoms with Crippen LogP contribution in [0.25, 0.3) is 0 Å². The van der Waals surface area contributed by atoms with Crippen LogP contribution in [0.1, 0.15) is 26.7 Å². The van der Waals surface area contributed by atoms with E-state index >= 15 is 0 Å². The Kier molecular flexibility index (Phi) is 4.51. The van der Waals surface area contributed by atoms with Gasteiger partial charge in [0, 0.05) is 5.69 Å². The van der Waals surface area contributed by atoms with E-state index < -0.39 is 0 Å². The Bertz CT molecular complexity index is 384. The molecule has 0 amide bonds. The lowest BCUT2D eigenvalue weighted by molar-refractivity contribution is 0.135. The van der Waals surface area contributed by atoms with Crippen molar-refractivity contribution in [1.29, 1.82) is 0 Å². The van der Waals surface area contributed by atoms with Crippen LogP contribution in [-0.4, -0.2) is 18.8 Å². The number of nitrogens with one attached hydrogen (secondary N) is 1. The van der Waals surface area contributed by atoms with E-state index in [0.29, 0.717) is 0 Å². The number of hydrogen-bond acceptors (Lipinski definition) is 3. The number of ether oxygens (including phenoxy) is 2. The average molecular weight is 247 g/mol. The summed E-state index contributed by atoms with van der Waals surface area (Å²) in [6.07, 6.45) is 6.54. The maximum absolute atomic E-state index is 5.60. The lowest BCUT2D eigenvalue weighted by Crippen LogP contribution is -2.22. The highest BCUT2D eigenvalue weighted by Gasteiger charge is 2.10. The Hall–Kier alpha value is -1.64. The van der Waals surface area contributed by atoms with E-state index in [1.54, 1.807) is 6.26 Å². The fraction of sp³-hybridized carbons (Fsp3) is 0.467. The maximum Gasteiger partial charge on any atom is 0.119 e. The summed E-state index contributed by atoms with van der Waals surface area (Å²) in [5.74, 6) is 0.910. The summed E-state index contributed by atoms with van der Waals surface area (Å²) in [5, 5.41) is 3.38. The van der Waals surface area contributed by atoms with Crippen molar-refractivity contribution in [2.24, 2.45) is 0 Å². The summed E-state index contributed by atoms with van der Waals surface area (Å²) in [6, 6.07) is 8.06. The normalized spacial score (nSPS) is 18.5. The van der Waals surface area contributed by atoms with Crippen LogP contribution in [0.5, 0.6) is 5.75 Å². The molecular weight excluding hydrogens is 226 g/mol. The second-order valence-corrected chi connectivity index (χ2v) is 4.78. The molecule has 0 aliphatic carbocycles. The molecule has 0 fully saturated rings. The molecular formula is C15H21NO2. The Morgan fingerprint density at radius 1 is 1.33 bits per heavy atom. The summed E-state index contributed by atoms with van der Waals surface area (Å²) in [4.78, 5) is 0. The fourth-order valence-electron chi connectivity index (χ4n) is 1.89. The molecule has 0 radical (unpaired) electrons. The summed E-state index contributed by atoms with van der Waals surface area (Å²) in [7, 11) is 0. The molecule has 0 bridgehead atoms. The van der Waals surface area contributed by atoms with Crippen molar-refractivity contribution in [3.05, 3.63) is 36.6 Å². The highest BCUT2D eigenvalue weighted by Crippen LogP contribution is 2.18. The summed E-state index contributed by atoms with van der Waals surface area (Å²) >= 11 is 0. The molecule has 1 aliphatic rings. The number of allylic oxidation sites excluding steroid dienone is 1. The van der Waals surface area contributed by atoms with Gasteiger partial charge in [0.25, 0.3) is 0 Å². The third kappa shape index (κ3) is 3.99. The van der Waals surface area contributed by atoms with Crippen molar-refractivity contribution >= 4 is 5.69 Å². The molecule has 1 aliphatic heterocycles. The van der Waals surface area contributed by atoms with E-state index in [2.05, 4.69) is 11.4 Å².